The molecule has 2 nitrogen and oxygen atoms in total. The Morgan fingerprint density at radius 3 is 2.09 bits per heavy atom. The van der Waals surface area contributed by atoms with E-state index in [2.05, 4.69) is 72.5 Å². The second-order valence-electron chi connectivity index (χ2n) is 6.71. The summed E-state index contributed by atoms with van der Waals surface area (Å²) in [5.74, 6) is 0. The molecule has 122 valence electrons. The Balaban J connectivity index is 1.80. The minimum Gasteiger partial charge on any atom is -0.393 e. The second-order valence-corrected chi connectivity index (χ2v) is 6.71. The number of hydrogen-bond acceptors (Lipinski definition) is 2. The second kappa shape index (κ2) is 7.76. The maximum absolute atomic E-state index is 9.84. The van der Waals surface area contributed by atoms with Gasteiger partial charge in [0.05, 0.1) is 6.10 Å². The lowest BCUT2D eigenvalue weighted by Gasteiger charge is -2.40. The summed E-state index contributed by atoms with van der Waals surface area (Å²) in [6.45, 7) is 3.28. The molecule has 0 aromatic heterocycles. The third kappa shape index (κ3) is 4.21. The largest absolute Gasteiger partial charge is 0.393 e. The van der Waals surface area contributed by atoms with Crippen LogP contribution < -0.4 is 0 Å². The van der Waals surface area contributed by atoms with E-state index in [-0.39, 0.29) is 6.10 Å². The van der Waals surface area contributed by atoms with Crippen LogP contribution in [0.4, 0.5) is 0 Å². The highest BCUT2D eigenvalue weighted by molar-refractivity contribution is 5.20. The molecule has 1 aliphatic rings. The molecule has 23 heavy (non-hydrogen) atoms. The molecular formula is C21H27NO. The van der Waals surface area contributed by atoms with Gasteiger partial charge in [0, 0.05) is 18.6 Å². The Labute approximate surface area is 139 Å². The molecule has 1 saturated carbocycles. The van der Waals surface area contributed by atoms with E-state index in [4.69, 9.17) is 0 Å². The van der Waals surface area contributed by atoms with E-state index < -0.39 is 0 Å². The number of nitrogens with zero attached hydrogens (tertiary/aromatic N) is 1. The SMILES string of the molecule is C[C@H](c1ccccc1)N(Cc1ccccc1)C1CCC(O)CC1. The van der Waals surface area contributed by atoms with Gasteiger partial charge in [-0.3, -0.25) is 4.90 Å². The van der Waals surface area contributed by atoms with Crippen molar-refractivity contribution >= 4 is 0 Å². The summed E-state index contributed by atoms with van der Waals surface area (Å²) in [5, 5.41) is 9.84. The van der Waals surface area contributed by atoms with Gasteiger partial charge in [-0.2, -0.15) is 0 Å². The first-order valence-corrected chi connectivity index (χ1v) is 8.76. The van der Waals surface area contributed by atoms with Crippen molar-refractivity contribution in [1.82, 2.24) is 4.90 Å². The average molecular weight is 309 g/mol. The van der Waals surface area contributed by atoms with E-state index in [0.717, 1.165) is 32.2 Å². The fraction of sp³-hybridized carbons (Fsp3) is 0.429. The van der Waals surface area contributed by atoms with E-state index in [9.17, 15) is 5.11 Å². The standard InChI is InChI=1S/C21H27NO/c1-17(19-10-6-3-7-11-19)22(16-18-8-4-2-5-9-18)20-12-14-21(23)15-13-20/h2-11,17,20-21,23H,12-16H2,1H3/t17-,20?,21?/m1/s1. The van der Waals surface area contributed by atoms with E-state index in [1.807, 2.05) is 0 Å². The monoisotopic (exact) mass is 309 g/mol. The highest BCUT2D eigenvalue weighted by atomic mass is 16.3. The Bertz CT molecular complexity index is 575. The molecule has 0 radical (unpaired) electrons. The maximum atomic E-state index is 9.84. The Morgan fingerprint density at radius 2 is 1.48 bits per heavy atom. The summed E-state index contributed by atoms with van der Waals surface area (Å²) >= 11 is 0. The van der Waals surface area contributed by atoms with Crippen molar-refractivity contribution in [2.75, 3.05) is 0 Å². The van der Waals surface area contributed by atoms with Crippen LogP contribution in [-0.4, -0.2) is 22.2 Å². The minimum absolute atomic E-state index is 0.100. The summed E-state index contributed by atoms with van der Waals surface area (Å²) in [7, 11) is 0. The molecule has 2 aromatic carbocycles. The molecule has 1 fully saturated rings. The van der Waals surface area contributed by atoms with Gasteiger partial charge < -0.3 is 5.11 Å². The summed E-state index contributed by atoms with van der Waals surface area (Å²) in [6.07, 6.45) is 3.93. The van der Waals surface area contributed by atoms with Crippen molar-refractivity contribution < 1.29 is 5.11 Å². The summed E-state index contributed by atoms with van der Waals surface area (Å²) in [5.41, 5.74) is 2.73. The number of aliphatic hydroxyl groups is 1. The van der Waals surface area contributed by atoms with Gasteiger partial charge in [-0.15, -0.1) is 0 Å². The van der Waals surface area contributed by atoms with Gasteiger partial charge in [-0.05, 0) is 43.7 Å². The molecule has 2 aromatic rings. The highest BCUT2D eigenvalue weighted by Gasteiger charge is 2.28. The summed E-state index contributed by atoms with van der Waals surface area (Å²) in [6, 6.07) is 22.4. The van der Waals surface area contributed by atoms with Gasteiger partial charge in [0.1, 0.15) is 0 Å². The molecule has 0 saturated heterocycles. The van der Waals surface area contributed by atoms with Crippen molar-refractivity contribution in [3.63, 3.8) is 0 Å². The molecule has 0 spiro atoms. The van der Waals surface area contributed by atoms with Crippen LogP contribution in [0, 0.1) is 0 Å². The first-order valence-electron chi connectivity index (χ1n) is 8.76. The molecule has 2 heteroatoms. The molecule has 1 N–H and O–H groups in total. The van der Waals surface area contributed by atoms with Gasteiger partial charge in [-0.25, -0.2) is 0 Å². The number of benzene rings is 2. The van der Waals surface area contributed by atoms with Gasteiger partial charge in [0.25, 0.3) is 0 Å². The smallest absolute Gasteiger partial charge is 0.0541 e. The zero-order valence-electron chi connectivity index (χ0n) is 13.9. The lowest BCUT2D eigenvalue weighted by Crippen LogP contribution is -2.40. The van der Waals surface area contributed by atoms with Crippen LogP contribution in [0.2, 0.25) is 0 Å². The van der Waals surface area contributed by atoms with Crippen LogP contribution in [0.1, 0.15) is 49.8 Å². The van der Waals surface area contributed by atoms with Gasteiger partial charge in [0.2, 0.25) is 0 Å². The third-order valence-corrected chi connectivity index (χ3v) is 5.12. The average Bonchev–Trinajstić information content (AvgIpc) is 2.62. The van der Waals surface area contributed by atoms with Gasteiger partial charge in [-0.1, -0.05) is 60.7 Å². The lowest BCUT2D eigenvalue weighted by atomic mass is 9.90. The lowest BCUT2D eigenvalue weighted by molar-refractivity contribution is 0.0506. The van der Waals surface area contributed by atoms with Crippen LogP contribution in [0.5, 0.6) is 0 Å². The molecule has 0 aliphatic heterocycles. The number of hydrogen-bond donors (Lipinski definition) is 1. The summed E-state index contributed by atoms with van der Waals surface area (Å²) < 4.78 is 0. The molecule has 1 aliphatic carbocycles. The van der Waals surface area contributed by atoms with Crippen LogP contribution >= 0.6 is 0 Å². The van der Waals surface area contributed by atoms with Crippen LogP contribution in [-0.2, 0) is 6.54 Å². The highest BCUT2D eigenvalue weighted by Crippen LogP contribution is 2.31. The zero-order chi connectivity index (χ0) is 16.1. The van der Waals surface area contributed by atoms with Crippen LogP contribution in [0.25, 0.3) is 0 Å². The van der Waals surface area contributed by atoms with Crippen molar-refractivity contribution in [2.45, 2.75) is 57.3 Å². The maximum Gasteiger partial charge on any atom is 0.0541 e. The van der Waals surface area contributed by atoms with Crippen molar-refractivity contribution in [2.24, 2.45) is 0 Å². The Morgan fingerprint density at radius 1 is 0.913 bits per heavy atom. The van der Waals surface area contributed by atoms with Crippen molar-refractivity contribution in [3.8, 4) is 0 Å². The minimum atomic E-state index is -0.100. The van der Waals surface area contributed by atoms with E-state index in [0.29, 0.717) is 12.1 Å². The topological polar surface area (TPSA) is 23.5 Å². The zero-order valence-corrected chi connectivity index (χ0v) is 13.9. The van der Waals surface area contributed by atoms with Crippen molar-refractivity contribution in [1.29, 1.82) is 0 Å². The van der Waals surface area contributed by atoms with E-state index >= 15 is 0 Å². The predicted octanol–water partition coefficient (Wildman–Crippen LogP) is 4.55. The first kappa shape index (κ1) is 16.2. The molecule has 0 unspecified atom stereocenters. The van der Waals surface area contributed by atoms with Crippen LogP contribution in [0.15, 0.2) is 60.7 Å². The summed E-state index contributed by atoms with van der Waals surface area (Å²) in [4.78, 5) is 2.62. The molecular weight excluding hydrogens is 282 g/mol. The van der Waals surface area contributed by atoms with E-state index in [1.54, 1.807) is 0 Å². The Hall–Kier alpha value is -1.64. The van der Waals surface area contributed by atoms with E-state index in [1.165, 1.54) is 11.1 Å². The van der Waals surface area contributed by atoms with Gasteiger partial charge in [0.15, 0.2) is 0 Å². The molecule has 3 rings (SSSR count). The van der Waals surface area contributed by atoms with Crippen LogP contribution in [0.3, 0.4) is 0 Å². The predicted molar refractivity (Wildman–Crippen MR) is 95.1 cm³/mol. The quantitative estimate of drug-likeness (QED) is 0.875. The molecule has 0 amide bonds. The normalized spacial score (nSPS) is 22.9. The number of rotatable bonds is 5. The fourth-order valence-corrected chi connectivity index (χ4v) is 3.69. The fourth-order valence-electron chi connectivity index (χ4n) is 3.69. The third-order valence-electron chi connectivity index (χ3n) is 5.12. The molecule has 0 bridgehead atoms. The molecule has 0 heterocycles. The number of aliphatic hydroxyl groups excluding tert-OH is 1. The molecule has 1 atom stereocenters. The van der Waals surface area contributed by atoms with Gasteiger partial charge >= 0.3 is 0 Å². The van der Waals surface area contributed by atoms with Crippen molar-refractivity contribution in [3.05, 3.63) is 71.8 Å². The first-order chi connectivity index (χ1) is 11.2. The Kier molecular flexibility index (Phi) is 5.47.